The predicted molar refractivity (Wildman–Crippen MR) is 121 cm³/mol. The van der Waals surface area contributed by atoms with Crippen LogP contribution in [0.25, 0.3) is 0 Å². The molecule has 3 rings (SSSR count). The number of amides is 2. The van der Waals surface area contributed by atoms with Gasteiger partial charge in [0.1, 0.15) is 0 Å². The van der Waals surface area contributed by atoms with Crippen LogP contribution in [0.3, 0.4) is 0 Å². The summed E-state index contributed by atoms with van der Waals surface area (Å²) < 4.78 is 76.9. The molecule has 39 heavy (non-hydrogen) atoms. The number of fused-ring (bicyclic) bond motifs is 1. The topological polar surface area (TPSA) is 138 Å². The van der Waals surface area contributed by atoms with E-state index in [2.05, 4.69) is 14.5 Å². The highest BCUT2D eigenvalue weighted by atomic mass is 19.4. The monoisotopic (exact) mass is 579 g/mol. The Morgan fingerprint density at radius 1 is 1.08 bits per heavy atom. The van der Waals surface area contributed by atoms with Gasteiger partial charge in [-0.25, -0.2) is 19.4 Å². The number of morpholine rings is 1. The number of halogens is 6. The first-order valence-corrected chi connectivity index (χ1v) is 11.4. The average Bonchev–Trinajstić information content (AvgIpc) is 3.22. The molecule has 0 spiro atoms. The molecule has 2 amide bonds. The molecule has 1 saturated heterocycles. The Hall–Kier alpha value is -3.12. The van der Waals surface area contributed by atoms with Gasteiger partial charge in [-0.05, 0) is 0 Å². The minimum Gasteiger partial charge on any atom is -0.475 e. The molecule has 2 aliphatic heterocycles. The second kappa shape index (κ2) is 14.9. The van der Waals surface area contributed by atoms with Gasteiger partial charge in [0.15, 0.2) is 0 Å². The normalized spacial score (nSPS) is 17.7. The molecule has 1 atom stereocenters. The lowest BCUT2D eigenvalue weighted by Gasteiger charge is -2.34. The fourth-order valence-corrected chi connectivity index (χ4v) is 3.54. The van der Waals surface area contributed by atoms with Crippen LogP contribution >= 0.6 is 0 Å². The van der Waals surface area contributed by atoms with Crippen molar-refractivity contribution in [2.24, 2.45) is 7.05 Å². The zero-order valence-corrected chi connectivity index (χ0v) is 21.5. The zero-order valence-electron chi connectivity index (χ0n) is 21.5. The molecule has 224 valence electrons. The first-order chi connectivity index (χ1) is 17.9. The van der Waals surface area contributed by atoms with Gasteiger partial charge < -0.3 is 34.1 Å². The fourth-order valence-electron chi connectivity index (χ4n) is 3.54. The van der Waals surface area contributed by atoms with E-state index in [1.54, 1.807) is 19.0 Å². The second-order valence-corrected chi connectivity index (χ2v) is 8.58. The molecular formula is C21H31F6N5O7. The molecule has 12 nitrogen and oxygen atoms in total. The lowest BCUT2D eigenvalue weighted by Crippen LogP contribution is -2.45. The third-order valence-electron chi connectivity index (χ3n) is 5.34. The molecule has 0 bridgehead atoms. The SMILES string of the molecule is CN(C)C(=O)N1Cc2ncn(C)c2C(COCCN2CCOCC2)C1.O=C(O)C(F)(F)F.O=C(O)C(F)(F)F. The summed E-state index contributed by atoms with van der Waals surface area (Å²) in [5, 5.41) is 14.2. The van der Waals surface area contributed by atoms with Crippen LogP contribution in [0, 0.1) is 0 Å². The van der Waals surface area contributed by atoms with Crippen molar-refractivity contribution < 1.29 is 60.4 Å². The maximum Gasteiger partial charge on any atom is 0.490 e. The number of carboxylic acid groups (broad SMARTS) is 2. The van der Waals surface area contributed by atoms with Crippen molar-refractivity contribution in [3.05, 3.63) is 17.7 Å². The van der Waals surface area contributed by atoms with Crippen LogP contribution in [0.4, 0.5) is 31.1 Å². The van der Waals surface area contributed by atoms with Gasteiger partial charge in [-0.3, -0.25) is 4.90 Å². The second-order valence-electron chi connectivity index (χ2n) is 8.58. The standard InChI is InChI=1S/C17H29N5O3.2C2HF3O2/c1-19(2)17(23)22-10-14(16-15(11-22)18-13-20(16)3)12-25-9-6-21-4-7-24-8-5-21;2*3-2(4,5)1(6)7/h13-14H,4-12H2,1-3H3;2*(H,6,7). The Bertz CT molecular complexity index is 925. The van der Waals surface area contributed by atoms with Gasteiger partial charge in [0.25, 0.3) is 0 Å². The van der Waals surface area contributed by atoms with E-state index in [1.807, 2.05) is 18.3 Å². The summed E-state index contributed by atoms with van der Waals surface area (Å²) in [7, 11) is 5.57. The van der Waals surface area contributed by atoms with Gasteiger partial charge in [-0.1, -0.05) is 0 Å². The number of carbonyl (C=O) groups excluding carboxylic acids is 1. The smallest absolute Gasteiger partial charge is 0.475 e. The van der Waals surface area contributed by atoms with Gasteiger partial charge in [0.05, 0.1) is 45.0 Å². The molecule has 2 N–H and O–H groups in total. The van der Waals surface area contributed by atoms with Crippen LogP contribution in [-0.2, 0) is 32.7 Å². The molecule has 1 aromatic rings. The van der Waals surface area contributed by atoms with Crippen molar-refractivity contribution in [2.75, 3.05) is 66.7 Å². The molecule has 1 fully saturated rings. The molecule has 18 heteroatoms. The number of imidazole rings is 1. The first kappa shape index (κ1) is 33.9. The number of aliphatic carboxylic acids is 2. The highest BCUT2D eigenvalue weighted by Crippen LogP contribution is 2.28. The quantitative estimate of drug-likeness (QED) is 0.394. The summed E-state index contributed by atoms with van der Waals surface area (Å²) in [6.07, 6.45) is -8.34. The number of hydrogen-bond acceptors (Lipinski definition) is 7. The van der Waals surface area contributed by atoms with Crippen LogP contribution in [0.2, 0.25) is 0 Å². The summed E-state index contributed by atoms with van der Waals surface area (Å²) in [5.41, 5.74) is 2.17. The Kier molecular flexibility index (Phi) is 12.9. The third kappa shape index (κ3) is 11.7. The van der Waals surface area contributed by atoms with E-state index in [-0.39, 0.29) is 11.9 Å². The number of nitrogens with zero attached hydrogens (tertiary/aromatic N) is 5. The highest BCUT2D eigenvalue weighted by Gasteiger charge is 2.39. The summed E-state index contributed by atoms with van der Waals surface area (Å²) >= 11 is 0. The zero-order chi connectivity index (χ0) is 30.0. The van der Waals surface area contributed by atoms with Gasteiger partial charge in [0, 0.05) is 58.9 Å². The minimum atomic E-state index is -5.08. The molecule has 0 saturated carbocycles. The summed E-state index contributed by atoms with van der Waals surface area (Å²) in [6, 6.07) is 0.0228. The Balaban J connectivity index is 0.000000449. The van der Waals surface area contributed by atoms with Crippen molar-refractivity contribution in [3.8, 4) is 0 Å². The van der Waals surface area contributed by atoms with Gasteiger partial charge in [-0.15, -0.1) is 0 Å². The largest absolute Gasteiger partial charge is 0.490 e. The van der Waals surface area contributed by atoms with Crippen LogP contribution < -0.4 is 0 Å². The van der Waals surface area contributed by atoms with Crippen LogP contribution in [0.1, 0.15) is 17.3 Å². The van der Waals surface area contributed by atoms with Crippen LogP contribution in [0.15, 0.2) is 6.33 Å². The van der Waals surface area contributed by atoms with E-state index in [0.717, 1.165) is 38.5 Å². The Morgan fingerprint density at radius 2 is 1.59 bits per heavy atom. The number of rotatable bonds is 5. The van der Waals surface area contributed by atoms with E-state index in [0.29, 0.717) is 26.3 Å². The third-order valence-corrected chi connectivity index (χ3v) is 5.34. The summed E-state index contributed by atoms with van der Waals surface area (Å²) in [6.45, 7) is 7.03. The van der Waals surface area contributed by atoms with E-state index >= 15 is 0 Å². The van der Waals surface area contributed by atoms with Gasteiger partial charge >= 0.3 is 30.3 Å². The van der Waals surface area contributed by atoms with Gasteiger partial charge in [-0.2, -0.15) is 26.3 Å². The number of aromatic nitrogens is 2. The van der Waals surface area contributed by atoms with Crippen molar-refractivity contribution in [1.82, 2.24) is 24.3 Å². The predicted octanol–water partition coefficient (Wildman–Crippen LogP) is 1.62. The molecule has 0 aliphatic carbocycles. The van der Waals surface area contributed by atoms with E-state index < -0.39 is 24.3 Å². The number of hydrogen-bond donors (Lipinski definition) is 2. The number of alkyl halides is 6. The van der Waals surface area contributed by atoms with E-state index in [9.17, 15) is 31.1 Å². The molecular weight excluding hydrogens is 548 g/mol. The van der Waals surface area contributed by atoms with Crippen molar-refractivity contribution in [1.29, 1.82) is 0 Å². The summed E-state index contributed by atoms with van der Waals surface area (Å²) in [4.78, 5) is 40.4. The van der Waals surface area contributed by atoms with Gasteiger partial charge in [0.2, 0.25) is 0 Å². The molecule has 1 aromatic heterocycles. The van der Waals surface area contributed by atoms with Crippen LogP contribution in [-0.4, -0.2) is 131 Å². The Morgan fingerprint density at radius 3 is 2.05 bits per heavy atom. The highest BCUT2D eigenvalue weighted by molar-refractivity contribution is 5.74. The number of aryl methyl sites for hydroxylation is 1. The number of ether oxygens (including phenoxy) is 2. The average molecular weight is 579 g/mol. The number of carbonyl (C=O) groups is 3. The van der Waals surface area contributed by atoms with Crippen molar-refractivity contribution >= 4 is 18.0 Å². The van der Waals surface area contributed by atoms with Crippen molar-refractivity contribution in [3.63, 3.8) is 0 Å². The Labute approximate surface area is 219 Å². The fraction of sp³-hybridized carbons (Fsp3) is 0.714. The van der Waals surface area contributed by atoms with Crippen LogP contribution in [0.5, 0.6) is 0 Å². The lowest BCUT2D eigenvalue weighted by atomic mass is 9.99. The molecule has 0 aromatic carbocycles. The minimum absolute atomic E-state index is 0.0228. The first-order valence-electron chi connectivity index (χ1n) is 11.4. The molecule has 1 unspecified atom stereocenters. The lowest BCUT2D eigenvalue weighted by molar-refractivity contribution is -0.193. The molecule has 3 heterocycles. The maximum absolute atomic E-state index is 12.4. The van der Waals surface area contributed by atoms with Crippen molar-refractivity contribution in [2.45, 2.75) is 24.8 Å². The maximum atomic E-state index is 12.4. The molecule has 0 radical (unpaired) electrons. The van der Waals surface area contributed by atoms with E-state index in [1.165, 1.54) is 5.69 Å². The summed E-state index contributed by atoms with van der Waals surface area (Å²) in [5.74, 6) is -5.36. The van der Waals surface area contributed by atoms with E-state index in [4.69, 9.17) is 29.3 Å². The number of urea groups is 1. The number of carboxylic acids is 2. The molecule has 2 aliphatic rings.